The summed E-state index contributed by atoms with van der Waals surface area (Å²) in [6.45, 7) is 9.34. The highest BCUT2D eigenvalue weighted by molar-refractivity contribution is 7.19. The molecule has 68 heavy (non-hydrogen) atoms. The minimum atomic E-state index is -0.0189. The van der Waals surface area contributed by atoms with Crippen molar-refractivity contribution in [2.24, 2.45) is 0 Å². The molecule has 0 radical (unpaired) electrons. The lowest BCUT2D eigenvalue weighted by Gasteiger charge is -2.33. The second-order valence-electron chi connectivity index (χ2n) is 20.2. The van der Waals surface area contributed by atoms with Crippen molar-refractivity contribution in [3.05, 3.63) is 168 Å². The van der Waals surface area contributed by atoms with Crippen LogP contribution in [0, 0.1) is 0 Å². The summed E-state index contributed by atoms with van der Waals surface area (Å²) in [5, 5.41) is 0. The van der Waals surface area contributed by atoms with Crippen molar-refractivity contribution in [3.8, 4) is 75.4 Å². The quantitative estimate of drug-likeness (QED) is 0.0671. The Morgan fingerprint density at radius 3 is 1.28 bits per heavy atom. The van der Waals surface area contributed by atoms with E-state index in [0.717, 1.165) is 11.4 Å². The van der Waals surface area contributed by atoms with E-state index in [0.29, 0.717) is 0 Å². The first kappa shape index (κ1) is 46.3. The van der Waals surface area contributed by atoms with Crippen molar-refractivity contribution in [2.75, 3.05) is 0 Å². The Kier molecular flexibility index (Phi) is 14.1. The van der Waals surface area contributed by atoms with Gasteiger partial charge >= 0.3 is 0 Å². The number of hydrogen-bond donors (Lipinski definition) is 0. The Balaban J connectivity index is 0.887. The Hall–Kier alpha value is -5.42. The maximum absolute atomic E-state index is 4.87. The summed E-state index contributed by atoms with van der Waals surface area (Å²) in [6.07, 6.45) is 25.2. The van der Waals surface area contributed by atoms with Crippen LogP contribution < -0.4 is 0 Å². The number of rotatable bonds is 21. The van der Waals surface area contributed by atoms with Gasteiger partial charge in [0.2, 0.25) is 0 Å². The maximum atomic E-state index is 4.87. The Morgan fingerprint density at radius 1 is 0.368 bits per heavy atom. The summed E-state index contributed by atoms with van der Waals surface area (Å²) in [4.78, 5) is 14.8. The first-order valence-electron chi connectivity index (χ1n) is 26.0. The monoisotopic (exact) mass is 928 g/mol. The van der Waals surface area contributed by atoms with Gasteiger partial charge in [0.15, 0.2) is 0 Å². The van der Waals surface area contributed by atoms with Crippen molar-refractivity contribution < 1.29 is 0 Å². The van der Waals surface area contributed by atoms with E-state index < -0.39 is 0 Å². The van der Waals surface area contributed by atoms with Crippen molar-refractivity contribution >= 4 is 22.7 Å². The SMILES string of the molecule is CCCCCCCCCC1(CCCCCCCCC)c2ccccc2-c2ccc(-c3ccc(-c4ccnc(-c5cc(-c6ccc(-c7ccc8c(c7)C(C)(C)c7ccccc7-8)s6)ccn5)c4)s3)cc21. The zero-order chi connectivity index (χ0) is 46.5. The second-order valence-corrected chi connectivity index (χ2v) is 22.4. The Bertz CT molecular complexity index is 2980. The van der Waals surface area contributed by atoms with Crippen LogP contribution in [0.2, 0.25) is 0 Å². The summed E-state index contributed by atoms with van der Waals surface area (Å²) >= 11 is 3.74. The van der Waals surface area contributed by atoms with Crippen LogP contribution in [-0.4, -0.2) is 9.97 Å². The van der Waals surface area contributed by atoms with Gasteiger partial charge < -0.3 is 0 Å². The van der Waals surface area contributed by atoms with Crippen LogP contribution in [0.1, 0.15) is 153 Å². The predicted molar refractivity (Wildman–Crippen MR) is 294 cm³/mol. The fourth-order valence-electron chi connectivity index (χ4n) is 11.6. The third-order valence-corrected chi connectivity index (χ3v) is 17.8. The van der Waals surface area contributed by atoms with Gasteiger partial charge in [-0.05, 0) is 140 Å². The first-order chi connectivity index (χ1) is 33.4. The maximum Gasteiger partial charge on any atom is 0.0892 e. The first-order valence-corrected chi connectivity index (χ1v) is 27.6. The van der Waals surface area contributed by atoms with Gasteiger partial charge in [-0.1, -0.05) is 190 Å². The lowest BCUT2D eigenvalue weighted by atomic mass is 9.70. The van der Waals surface area contributed by atoms with Crippen LogP contribution in [0.15, 0.2) is 146 Å². The zero-order valence-electron chi connectivity index (χ0n) is 40.9. The van der Waals surface area contributed by atoms with E-state index in [1.165, 1.54) is 178 Å². The molecule has 0 amide bonds. The lowest BCUT2D eigenvalue weighted by molar-refractivity contribution is 0.397. The van der Waals surface area contributed by atoms with Crippen molar-refractivity contribution in [1.82, 2.24) is 9.97 Å². The highest BCUT2D eigenvalue weighted by atomic mass is 32.1. The Morgan fingerprint density at radius 2 is 0.765 bits per heavy atom. The number of unbranched alkanes of at least 4 members (excludes halogenated alkanes) is 12. The average molecular weight is 929 g/mol. The van der Waals surface area contributed by atoms with E-state index in [9.17, 15) is 0 Å². The number of pyridine rings is 2. The van der Waals surface area contributed by atoms with Crippen LogP contribution >= 0.6 is 22.7 Å². The van der Waals surface area contributed by atoms with Gasteiger partial charge in [-0.15, -0.1) is 22.7 Å². The van der Waals surface area contributed by atoms with E-state index in [2.05, 4.69) is 161 Å². The van der Waals surface area contributed by atoms with Gasteiger partial charge in [-0.2, -0.15) is 0 Å². The number of fused-ring (bicyclic) bond motifs is 6. The van der Waals surface area contributed by atoms with Crippen LogP contribution in [-0.2, 0) is 10.8 Å². The molecule has 8 aromatic rings. The zero-order valence-corrected chi connectivity index (χ0v) is 42.5. The highest BCUT2D eigenvalue weighted by Gasteiger charge is 2.42. The highest BCUT2D eigenvalue weighted by Crippen LogP contribution is 2.56. The molecule has 4 heteroatoms. The molecular formula is C64H68N2S2. The second kappa shape index (κ2) is 20.7. The molecule has 10 rings (SSSR count). The van der Waals surface area contributed by atoms with E-state index in [4.69, 9.17) is 9.97 Å². The normalized spacial score (nSPS) is 13.9. The van der Waals surface area contributed by atoms with Gasteiger partial charge in [-0.25, -0.2) is 0 Å². The third kappa shape index (κ3) is 9.24. The summed E-state index contributed by atoms with van der Waals surface area (Å²) in [6, 6.07) is 50.6. The summed E-state index contributed by atoms with van der Waals surface area (Å²) < 4.78 is 0. The Labute approximate surface area is 415 Å². The van der Waals surface area contributed by atoms with Crippen LogP contribution in [0.25, 0.3) is 75.4 Å². The van der Waals surface area contributed by atoms with E-state index in [-0.39, 0.29) is 10.8 Å². The number of benzene rings is 4. The molecule has 0 aliphatic heterocycles. The van der Waals surface area contributed by atoms with E-state index >= 15 is 0 Å². The fourth-order valence-corrected chi connectivity index (χ4v) is 13.6. The molecule has 0 N–H and O–H groups in total. The smallest absolute Gasteiger partial charge is 0.0892 e. The number of hydrogen-bond acceptors (Lipinski definition) is 4. The molecule has 2 aliphatic rings. The van der Waals surface area contributed by atoms with E-state index in [1.807, 2.05) is 35.1 Å². The topological polar surface area (TPSA) is 25.8 Å². The lowest BCUT2D eigenvalue weighted by Crippen LogP contribution is -2.25. The molecule has 0 fully saturated rings. The molecule has 346 valence electrons. The molecule has 0 saturated carbocycles. The molecule has 0 spiro atoms. The molecular weight excluding hydrogens is 861 g/mol. The minimum absolute atomic E-state index is 0.0189. The third-order valence-electron chi connectivity index (χ3n) is 15.4. The average Bonchev–Trinajstić information content (AvgIpc) is 4.18. The van der Waals surface area contributed by atoms with Crippen LogP contribution in [0.3, 0.4) is 0 Å². The van der Waals surface area contributed by atoms with Crippen LogP contribution in [0.4, 0.5) is 0 Å². The summed E-state index contributed by atoms with van der Waals surface area (Å²) in [5.41, 5.74) is 18.4. The van der Waals surface area contributed by atoms with E-state index in [1.54, 1.807) is 11.1 Å². The molecule has 2 nitrogen and oxygen atoms in total. The molecule has 2 aliphatic carbocycles. The minimum Gasteiger partial charge on any atom is -0.255 e. The van der Waals surface area contributed by atoms with Crippen molar-refractivity contribution in [3.63, 3.8) is 0 Å². The van der Waals surface area contributed by atoms with Crippen molar-refractivity contribution in [2.45, 2.75) is 141 Å². The molecule has 0 atom stereocenters. The molecule has 4 heterocycles. The number of aromatic nitrogens is 2. The largest absolute Gasteiger partial charge is 0.255 e. The number of nitrogens with zero attached hydrogens (tertiary/aromatic N) is 2. The van der Waals surface area contributed by atoms with Gasteiger partial charge in [-0.3, -0.25) is 9.97 Å². The number of thiophene rings is 2. The van der Waals surface area contributed by atoms with Crippen molar-refractivity contribution in [1.29, 1.82) is 0 Å². The molecule has 0 bridgehead atoms. The van der Waals surface area contributed by atoms with Crippen LogP contribution in [0.5, 0.6) is 0 Å². The standard InChI is InChI=1S/C64H68N2S2/c1-5-7-9-11-13-15-21-37-64(38-22-16-14-12-10-8-6-2)54-26-20-18-24-50(54)52-30-28-46(42-56(52)64)60-32-34-62(68-60)48-36-40-66-58(44-48)57-43-47(35-39-65-57)61-33-31-59(67-61)45-27-29-51-49-23-17-19-25-53(49)63(3,4)55(51)41-45/h17-20,23-36,39-44H,5-16,21-22,37-38H2,1-4H3. The van der Waals surface area contributed by atoms with Gasteiger partial charge in [0, 0.05) is 42.7 Å². The molecule has 0 unspecified atom stereocenters. The summed E-state index contributed by atoms with van der Waals surface area (Å²) in [7, 11) is 0. The molecule has 4 aromatic carbocycles. The predicted octanol–water partition coefficient (Wildman–Crippen LogP) is 19.8. The van der Waals surface area contributed by atoms with Gasteiger partial charge in [0.05, 0.1) is 11.4 Å². The summed E-state index contributed by atoms with van der Waals surface area (Å²) in [5.74, 6) is 0. The van der Waals surface area contributed by atoms with Gasteiger partial charge in [0.25, 0.3) is 0 Å². The fraction of sp³-hybridized carbons (Fsp3) is 0.344. The van der Waals surface area contributed by atoms with Gasteiger partial charge in [0.1, 0.15) is 0 Å². The molecule has 4 aromatic heterocycles. The molecule has 0 saturated heterocycles.